The predicted molar refractivity (Wildman–Crippen MR) is 78.0 cm³/mol. The van der Waals surface area contributed by atoms with E-state index in [-0.39, 0.29) is 40.1 Å². The van der Waals surface area contributed by atoms with Crippen LogP contribution in [-0.4, -0.2) is 11.6 Å². The second kappa shape index (κ2) is 20.1. The molecule has 107 valence electrons. The number of hydrogen-bond donors (Lipinski definition) is 1. The van der Waals surface area contributed by atoms with Crippen molar-refractivity contribution in [2.24, 2.45) is 5.92 Å². The molecule has 19 heavy (non-hydrogen) atoms. The van der Waals surface area contributed by atoms with Gasteiger partial charge in [0.1, 0.15) is 0 Å². The summed E-state index contributed by atoms with van der Waals surface area (Å²) in [5, 5.41) is 6.76. The van der Waals surface area contributed by atoms with Gasteiger partial charge in [-0.3, -0.25) is 0 Å². The average Bonchev–Trinajstić information content (AvgIpc) is 2.43. The summed E-state index contributed by atoms with van der Waals surface area (Å²) in [4.78, 5) is 8.24. The van der Waals surface area contributed by atoms with E-state index in [0.29, 0.717) is 6.47 Å². The molecule has 0 heterocycles. The van der Waals surface area contributed by atoms with Crippen molar-refractivity contribution in [1.82, 2.24) is 0 Å². The first-order valence-electron chi connectivity index (χ1n) is 6.36. The molecule has 0 saturated heterocycles. The summed E-state index contributed by atoms with van der Waals surface area (Å²) >= 11 is 0. The zero-order chi connectivity index (χ0) is 12.8. The van der Waals surface area contributed by atoms with Crippen LogP contribution in [0.3, 0.4) is 0 Å². The van der Waals surface area contributed by atoms with E-state index in [2.05, 4.69) is 6.92 Å². The fraction of sp³-hybridized carbons (Fsp3) is 0.500. The summed E-state index contributed by atoms with van der Waals surface area (Å²) in [7, 11) is 0. The molecule has 0 aliphatic heterocycles. The molecule has 0 spiro atoms. The van der Waals surface area contributed by atoms with E-state index >= 15 is 0 Å². The first-order valence-corrected chi connectivity index (χ1v) is 6.36. The molecule has 1 aromatic rings. The Balaban J connectivity index is -0.000000210. The maximum Gasteiger partial charge on any atom is 0 e. The third-order valence-electron chi connectivity index (χ3n) is 2.97. The van der Waals surface area contributed by atoms with Crippen LogP contribution in [0.25, 0.3) is 0 Å². The van der Waals surface area contributed by atoms with Crippen LogP contribution in [0.4, 0.5) is 0 Å². The second-order valence-electron chi connectivity index (χ2n) is 4.16. The molecule has 0 unspecified atom stereocenters. The van der Waals surface area contributed by atoms with Gasteiger partial charge < -0.3 is 17.3 Å². The monoisotopic (exact) mass is 339 g/mol. The molecule has 1 radical (unpaired) electrons. The van der Waals surface area contributed by atoms with E-state index in [1.54, 1.807) is 0 Å². The summed E-state index contributed by atoms with van der Waals surface area (Å²) in [6, 6.07) is 12.0. The first kappa shape index (κ1) is 23.9. The third kappa shape index (κ3) is 17.8. The SMILES string of the molecule is CCC1CCCCC1.O=[C-]O.[CH3-].[Y].c1ccccc1. The van der Waals surface area contributed by atoms with Crippen molar-refractivity contribution in [2.45, 2.75) is 45.4 Å². The molecule has 2 rings (SSSR count). The van der Waals surface area contributed by atoms with Crippen molar-refractivity contribution in [3.63, 3.8) is 0 Å². The third-order valence-corrected chi connectivity index (χ3v) is 2.97. The quantitative estimate of drug-likeness (QED) is 0.752. The fourth-order valence-corrected chi connectivity index (χ4v) is 1.98. The van der Waals surface area contributed by atoms with E-state index in [4.69, 9.17) is 9.90 Å². The zero-order valence-electron chi connectivity index (χ0n) is 12.2. The van der Waals surface area contributed by atoms with E-state index in [1.807, 2.05) is 36.4 Å². The first-order chi connectivity index (χ1) is 8.35. The van der Waals surface area contributed by atoms with Crippen molar-refractivity contribution < 1.29 is 42.6 Å². The molecular formula is C16H26O2Y-2. The van der Waals surface area contributed by atoms with Gasteiger partial charge in [-0.25, -0.2) is 0 Å². The van der Waals surface area contributed by atoms with Gasteiger partial charge in [-0.1, -0.05) is 88.3 Å². The molecule has 1 fully saturated rings. The second-order valence-corrected chi connectivity index (χ2v) is 4.16. The van der Waals surface area contributed by atoms with Crippen LogP contribution < -0.4 is 0 Å². The van der Waals surface area contributed by atoms with Gasteiger partial charge in [0.15, 0.2) is 0 Å². The van der Waals surface area contributed by atoms with Gasteiger partial charge in [-0.05, 0) is 5.92 Å². The summed E-state index contributed by atoms with van der Waals surface area (Å²) in [6.45, 7) is 2.82. The molecule has 0 amide bonds. The Kier molecular flexibility index (Phi) is 25.3. The van der Waals surface area contributed by atoms with Crippen molar-refractivity contribution in [2.75, 3.05) is 0 Å². The minimum atomic E-state index is 0. The minimum absolute atomic E-state index is 0. The molecule has 0 atom stereocenters. The van der Waals surface area contributed by atoms with Gasteiger partial charge in [0.2, 0.25) is 0 Å². The van der Waals surface area contributed by atoms with E-state index in [0.717, 1.165) is 5.92 Å². The Morgan fingerprint density at radius 3 is 1.53 bits per heavy atom. The summed E-state index contributed by atoms with van der Waals surface area (Å²) < 4.78 is 0. The molecule has 0 bridgehead atoms. The average molecular weight is 339 g/mol. The van der Waals surface area contributed by atoms with Crippen LogP contribution in [0.15, 0.2) is 36.4 Å². The molecule has 3 heteroatoms. The van der Waals surface area contributed by atoms with E-state index in [1.165, 1.54) is 38.5 Å². The summed E-state index contributed by atoms with van der Waals surface area (Å²) in [6.07, 6.45) is 8.93. The Hall–Kier alpha value is -0.206. The van der Waals surface area contributed by atoms with Crippen LogP contribution in [0.2, 0.25) is 0 Å². The predicted octanol–water partition coefficient (Wildman–Crippen LogP) is 4.72. The van der Waals surface area contributed by atoms with Gasteiger partial charge in [-0.2, -0.15) is 0 Å². The van der Waals surface area contributed by atoms with Crippen LogP contribution >= 0.6 is 0 Å². The van der Waals surface area contributed by atoms with Gasteiger partial charge >= 0.3 is 0 Å². The maximum atomic E-state index is 8.24. The Bertz CT molecular complexity index is 219. The standard InChI is InChI=1S/C8H16.C6H6.CHO2.CH3.Y/c1-2-8-6-4-3-5-7-8;1-2-4-6-5-3-1;2-1-3;;/h8H,2-7H2,1H3;1-6H;(H,2,3);1H3;/q;;2*-1;. The van der Waals surface area contributed by atoms with Crippen LogP contribution in [0.1, 0.15) is 45.4 Å². The van der Waals surface area contributed by atoms with Gasteiger partial charge in [0.25, 0.3) is 0 Å². The van der Waals surface area contributed by atoms with Gasteiger partial charge in [-0.15, -0.1) is 0 Å². The minimum Gasteiger partial charge on any atom is -0.665 e. The topological polar surface area (TPSA) is 37.3 Å². The molecule has 1 aliphatic carbocycles. The number of rotatable bonds is 1. The smallest absolute Gasteiger partial charge is 0 e. The van der Waals surface area contributed by atoms with Crippen molar-refractivity contribution in [1.29, 1.82) is 0 Å². The van der Waals surface area contributed by atoms with Gasteiger partial charge in [0, 0.05) is 32.7 Å². The van der Waals surface area contributed by atoms with Crippen LogP contribution in [0.5, 0.6) is 0 Å². The van der Waals surface area contributed by atoms with Crippen molar-refractivity contribution in [3.05, 3.63) is 43.8 Å². The molecular weight excluding hydrogens is 313 g/mol. The largest absolute Gasteiger partial charge is 0.665 e. The summed E-state index contributed by atoms with van der Waals surface area (Å²) in [5.74, 6) is 1.09. The fourth-order valence-electron chi connectivity index (χ4n) is 1.98. The molecule has 1 saturated carbocycles. The zero-order valence-corrected chi connectivity index (χ0v) is 15.1. The molecule has 1 N–H and O–H groups in total. The number of aliphatic hydroxyl groups excluding tert-OH is 1. The number of benzene rings is 1. The molecule has 1 aromatic carbocycles. The molecule has 0 aromatic heterocycles. The van der Waals surface area contributed by atoms with Crippen molar-refractivity contribution in [3.8, 4) is 0 Å². The Morgan fingerprint density at radius 2 is 1.32 bits per heavy atom. The van der Waals surface area contributed by atoms with E-state index < -0.39 is 0 Å². The Morgan fingerprint density at radius 1 is 1.00 bits per heavy atom. The summed E-state index contributed by atoms with van der Waals surface area (Å²) in [5.41, 5.74) is 0. The maximum absolute atomic E-state index is 8.24. The van der Waals surface area contributed by atoms with Crippen molar-refractivity contribution >= 4 is 6.47 Å². The van der Waals surface area contributed by atoms with Gasteiger partial charge in [0.05, 0.1) is 0 Å². The van der Waals surface area contributed by atoms with Crippen LogP contribution in [-0.2, 0) is 37.5 Å². The van der Waals surface area contributed by atoms with Crippen LogP contribution in [0, 0.1) is 13.3 Å². The normalized spacial score (nSPS) is 13.1. The molecule has 2 nitrogen and oxygen atoms in total. The molecule has 1 aliphatic rings. The Labute approximate surface area is 143 Å². The van der Waals surface area contributed by atoms with E-state index in [9.17, 15) is 0 Å². The number of hydrogen-bond acceptors (Lipinski definition) is 1.